The summed E-state index contributed by atoms with van der Waals surface area (Å²) in [5, 5.41) is 13.2. The number of piperidine rings is 1. The molecule has 0 bridgehead atoms. The van der Waals surface area contributed by atoms with Crippen LogP contribution in [-0.4, -0.2) is 78.2 Å². The van der Waals surface area contributed by atoms with Gasteiger partial charge in [-0.2, -0.15) is 0 Å². The van der Waals surface area contributed by atoms with E-state index in [1.54, 1.807) is 0 Å². The number of ether oxygens (including phenoxy) is 3. The number of carbonyl (C=O) groups excluding carboxylic acids is 2. The van der Waals surface area contributed by atoms with Gasteiger partial charge in [-0.05, 0) is 56.3 Å². The fraction of sp³-hybridized carbons (Fsp3) is 0.692. The number of hydrogen-bond acceptors (Lipinski definition) is 7. The Kier molecular flexibility index (Phi) is 12.2. The molecule has 0 aromatic heterocycles. The molecular formula is C26H41ClN4O5. The van der Waals surface area contributed by atoms with Crippen LogP contribution in [-0.2, 0) is 19.0 Å². The molecule has 10 heteroatoms. The van der Waals surface area contributed by atoms with E-state index in [-0.39, 0.29) is 29.9 Å². The lowest BCUT2D eigenvalue weighted by molar-refractivity contribution is -0.127. The van der Waals surface area contributed by atoms with Crippen molar-refractivity contribution in [2.24, 2.45) is 17.8 Å². The third-order valence-electron chi connectivity index (χ3n) is 7.02. The van der Waals surface area contributed by atoms with E-state index < -0.39 is 6.09 Å². The number of hydrogen-bond donors (Lipinski definition) is 4. The Morgan fingerprint density at radius 3 is 2.86 bits per heavy atom. The molecule has 0 radical (unpaired) electrons. The van der Waals surface area contributed by atoms with E-state index in [0.717, 1.165) is 38.2 Å². The first kappa shape index (κ1) is 28.7. The molecule has 9 nitrogen and oxygen atoms in total. The highest BCUT2D eigenvalue weighted by atomic mass is 35.5. The zero-order valence-corrected chi connectivity index (χ0v) is 22.1. The van der Waals surface area contributed by atoms with Crippen molar-refractivity contribution in [3.8, 4) is 0 Å². The van der Waals surface area contributed by atoms with E-state index in [0.29, 0.717) is 43.6 Å². The third kappa shape index (κ3) is 9.19. The Morgan fingerprint density at radius 2 is 2.14 bits per heavy atom. The van der Waals surface area contributed by atoms with Crippen LogP contribution in [0.25, 0.3) is 0 Å². The number of amides is 2. The Balaban J connectivity index is 1.56. The normalized spacial score (nSPS) is 23.9. The summed E-state index contributed by atoms with van der Waals surface area (Å²) in [6.45, 7) is 4.26. The topological polar surface area (TPSA) is 110 Å². The quantitative estimate of drug-likeness (QED) is 0.311. The van der Waals surface area contributed by atoms with Crippen molar-refractivity contribution in [2.45, 2.75) is 37.8 Å². The molecule has 1 aromatic carbocycles. The Bertz CT molecular complexity index is 823. The number of methoxy groups -OCH3 is 1. The SMILES string of the molecule is CN[C@@H](CNC(=O)C1CNCC([C@@H](OCCNC(=O)OC)c2cccc(Cl)c2)C1)C[C@H]1CCCOC1. The minimum Gasteiger partial charge on any atom is -0.453 e. The van der Waals surface area contributed by atoms with Crippen molar-refractivity contribution in [3.05, 3.63) is 34.9 Å². The number of carbonyl (C=O) groups is 2. The average molecular weight is 525 g/mol. The molecule has 1 aromatic rings. The number of benzene rings is 1. The third-order valence-corrected chi connectivity index (χ3v) is 7.25. The van der Waals surface area contributed by atoms with Crippen LogP contribution in [0.3, 0.4) is 0 Å². The lowest BCUT2D eigenvalue weighted by Crippen LogP contribution is -2.48. The van der Waals surface area contributed by atoms with Gasteiger partial charge in [-0.3, -0.25) is 4.79 Å². The average Bonchev–Trinajstić information content (AvgIpc) is 2.91. The van der Waals surface area contributed by atoms with Gasteiger partial charge < -0.3 is 35.5 Å². The summed E-state index contributed by atoms with van der Waals surface area (Å²) < 4.78 is 16.4. The molecule has 2 amide bonds. The molecular weight excluding hydrogens is 484 g/mol. The summed E-state index contributed by atoms with van der Waals surface area (Å²) >= 11 is 6.26. The van der Waals surface area contributed by atoms with Gasteiger partial charge in [-0.1, -0.05) is 23.7 Å². The van der Waals surface area contributed by atoms with Crippen molar-refractivity contribution in [1.82, 2.24) is 21.3 Å². The smallest absolute Gasteiger partial charge is 0.406 e. The Labute approximate surface area is 219 Å². The predicted molar refractivity (Wildman–Crippen MR) is 139 cm³/mol. The van der Waals surface area contributed by atoms with Gasteiger partial charge in [-0.25, -0.2) is 4.79 Å². The van der Waals surface area contributed by atoms with Gasteiger partial charge in [0, 0.05) is 56.4 Å². The highest BCUT2D eigenvalue weighted by molar-refractivity contribution is 6.30. The van der Waals surface area contributed by atoms with Crippen LogP contribution in [0.2, 0.25) is 5.02 Å². The van der Waals surface area contributed by atoms with Gasteiger partial charge >= 0.3 is 6.09 Å². The van der Waals surface area contributed by atoms with Crippen molar-refractivity contribution in [3.63, 3.8) is 0 Å². The molecule has 0 aliphatic carbocycles. The molecule has 0 saturated carbocycles. The maximum absolute atomic E-state index is 13.1. The van der Waals surface area contributed by atoms with Crippen LogP contribution >= 0.6 is 11.6 Å². The van der Waals surface area contributed by atoms with E-state index in [1.807, 2.05) is 31.3 Å². The van der Waals surface area contributed by atoms with E-state index in [4.69, 9.17) is 21.1 Å². The minimum absolute atomic E-state index is 0.0598. The first-order valence-corrected chi connectivity index (χ1v) is 13.3. The molecule has 202 valence electrons. The number of rotatable bonds is 12. The van der Waals surface area contributed by atoms with Gasteiger partial charge in [-0.15, -0.1) is 0 Å². The first-order valence-electron chi connectivity index (χ1n) is 12.9. The molecule has 5 atom stereocenters. The number of nitrogens with one attached hydrogen (secondary N) is 4. The van der Waals surface area contributed by atoms with Crippen molar-refractivity contribution in [1.29, 1.82) is 0 Å². The van der Waals surface area contributed by atoms with Crippen molar-refractivity contribution >= 4 is 23.6 Å². The highest BCUT2D eigenvalue weighted by Gasteiger charge is 2.33. The Morgan fingerprint density at radius 1 is 1.28 bits per heavy atom. The fourth-order valence-corrected chi connectivity index (χ4v) is 5.27. The molecule has 4 N–H and O–H groups in total. The largest absolute Gasteiger partial charge is 0.453 e. The zero-order valence-electron chi connectivity index (χ0n) is 21.4. The van der Waals surface area contributed by atoms with Gasteiger partial charge in [0.2, 0.25) is 5.91 Å². The molecule has 2 aliphatic heterocycles. The maximum Gasteiger partial charge on any atom is 0.406 e. The number of likely N-dealkylation sites (N-methyl/N-ethyl adjacent to an activating group) is 1. The minimum atomic E-state index is -0.496. The van der Waals surface area contributed by atoms with Crippen LogP contribution in [0, 0.1) is 17.8 Å². The van der Waals surface area contributed by atoms with Crippen LogP contribution in [0.1, 0.15) is 37.4 Å². The van der Waals surface area contributed by atoms with Gasteiger partial charge in [0.15, 0.2) is 0 Å². The molecule has 0 spiro atoms. The van der Waals surface area contributed by atoms with E-state index in [9.17, 15) is 9.59 Å². The maximum atomic E-state index is 13.1. The van der Waals surface area contributed by atoms with Gasteiger partial charge in [0.05, 0.1) is 25.7 Å². The van der Waals surface area contributed by atoms with Crippen molar-refractivity contribution < 1.29 is 23.8 Å². The second-order valence-electron chi connectivity index (χ2n) is 9.67. The number of halogens is 1. The molecule has 2 heterocycles. The molecule has 3 rings (SSSR count). The molecule has 2 fully saturated rings. The summed E-state index contributed by atoms with van der Waals surface area (Å²) in [6, 6.07) is 7.83. The van der Waals surface area contributed by atoms with E-state index in [1.165, 1.54) is 13.5 Å². The van der Waals surface area contributed by atoms with E-state index in [2.05, 4.69) is 26.0 Å². The molecule has 2 aliphatic rings. The van der Waals surface area contributed by atoms with Crippen LogP contribution in [0.5, 0.6) is 0 Å². The van der Waals surface area contributed by atoms with Gasteiger partial charge in [0.25, 0.3) is 0 Å². The van der Waals surface area contributed by atoms with Crippen LogP contribution < -0.4 is 21.3 Å². The summed E-state index contributed by atoms with van der Waals surface area (Å²) in [6.07, 6.45) is 3.22. The standard InChI is InChI=1S/C26H41ClN4O5/c1-28-23(11-18-5-4-9-35-17-18)16-31-25(32)21-12-20(14-29-15-21)24(19-6-3-7-22(27)13-19)36-10-8-30-26(33)34-2/h3,6-7,13,18,20-21,23-24,28-29H,4-5,8-12,14-17H2,1-2H3,(H,30,33)(H,31,32)/t18-,20?,21?,23-,24+/m1/s1. The Hall–Kier alpha value is -1.91. The van der Waals surface area contributed by atoms with E-state index >= 15 is 0 Å². The van der Waals surface area contributed by atoms with Gasteiger partial charge in [0.1, 0.15) is 0 Å². The molecule has 2 unspecified atom stereocenters. The first-order chi connectivity index (χ1) is 17.5. The molecule has 2 saturated heterocycles. The number of alkyl carbamates (subject to hydrolysis) is 1. The van der Waals surface area contributed by atoms with Crippen LogP contribution in [0.4, 0.5) is 4.79 Å². The summed E-state index contributed by atoms with van der Waals surface area (Å²) in [7, 11) is 3.27. The second kappa shape index (κ2) is 15.4. The monoisotopic (exact) mass is 524 g/mol. The van der Waals surface area contributed by atoms with Crippen LogP contribution in [0.15, 0.2) is 24.3 Å². The summed E-state index contributed by atoms with van der Waals surface area (Å²) in [4.78, 5) is 24.5. The fourth-order valence-electron chi connectivity index (χ4n) is 5.07. The summed E-state index contributed by atoms with van der Waals surface area (Å²) in [5.74, 6) is 0.519. The predicted octanol–water partition coefficient (Wildman–Crippen LogP) is 2.50. The molecule has 36 heavy (non-hydrogen) atoms. The second-order valence-corrected chi connectivity index (χ2v) is 10.1. The lowest BCUT2D eigenvalue weighted by Gasteiger charge is -2.35. The zero-order chi connectivity index (χ0) is 25.8. The highest BCUT2D eigenvalue weighted by Crippen LogP contribution is 2.33. The van der Waals surface area contributed by atoms with Crippen molar-refractivity contribution in [2.75, 3.05) is 60.2 Å². The lowest BCUT2D eigenvalue weighted by atomic mass is 9.83. The summed E-state index contributed by atoms with van der Waals surface area (Å²) in [5.41, 5.74) is 0.957.